The van der Waals surface area contributed by atoms with Crippen molar-refractivity contribution in [1.29, 1.82) is 0 Å². The van der Waals surface area contributed by atoms with Gasteiger partial charge in [0.15, 0.2) is 16.6 Å². The minimum absolute atomic E-state index is 0.192. The van der Waals surface area contributed by atoms with Gasteiger partial charge in [-0.25, -0.2) is 4.98 Å². The van der Waals surface area contributed by atoms with E-state index in [2.05, 4.69) is 20.6 Å². The quantitative estimate of drug-likeness (QED) is 0.572. The maximum Gasteiger partial charge on any atom is 0.257 e. The minimum atomic E-state index is -0.348. The molecular weight excluding hydrogens is 376 g/mol. The van der Waals surface area contributed by atoms with Gasteiger partial charge in [0, 0.05) is 16.8 Å². The van der Waals surface area contributed by atoms with Gasteiger partial charge in [0.2, 0.25) is 0 Å². The smallest absolute Gasteiger partial charge is 0.257 e. The van der Waals surface area contributed by atoms with E-state index in [1.165, 1.54) is 14.2 Å². The summed E-state index contributed by atoms with van der Waals surface area (Å²) < 4.78 is 10.4. The van der Waals surface area contributed by atoms with Crippen LogP contribution in [0.25, 0.3) is 11.3 Å². The Labute approximate surface area is 168 Å². The van der Waals surface area contributed by atoms with Crippen LogP contribution in [0, 0.1) is 6.92 Å². The Hall–Kier alpha value is -3.39. The Balaban J connectivity index is 1.68. The van der Waals surface area contributed by atoms with Gasteiger partial charge in [-0.05, 0) is 49.5 Å². The van der Waals surface area contributed by atoms with Crippen LogP contribution in [0.4, 0.5) is 5.69 Å². The van der Waals surface area contributed by atoms with Crippen LogP contribution in [0.1, 0.15) is 16.2 Å². The number of methoxy groups -OCH3 is 2. The maximum absolute atomic E-state index is 12.5. The summed E-state index contributed by atoms with van der Waals surface area (Å²) in [5.41, 5.74) is 3.02. The fraction of sp³-hybridized carbons (Fsp3) is 0.150. The van der Waals surface area contributed by atoms with Gasteiger partial charge in [-0.1, -0.05) is 12.1 Å². The topological polar surface area (TPSA) is 88.3 Å². The van der Waals surface area contributed by atoms with E-state index in [-0.39, 0.29) is 11.0 Å². The van der Waals surface area contributed by atoms with E-state index in [9.17, 15) is 4.79 Å². The second-order valence-electron chi connectivity index (χ2n) is 5.94. The van der Waals surface area contributed by atoms with Crippen LogP contribution in [0.2, 0.25) is 0 Å². The van der Waals surface area contributed by atoms with Gasteiger partial charge < -0.3 is 19.8 Å². The van der Waals surface area contributed by atoms with Crippen molar-refractivity contribution in [2.24, 2.45) is 0 Å². The Morgan fingerprint density at radius 2 is 1.89 bits per heavy atom. The minimum Gasteiger partial charge on any atom is -0.493 e. The van der Waals surface area contributed by atoms with Crippen molar-refractivity contribution in [1.82, 2.24) is 15.3 Å². The molecule has 8 heteroatoms. The van der Waals surface area contributed by atoms with Crippen LogP contribution in [0.5, 0.6) is 11.5 Å². The Kier molecular flexibility index (Phi) is 5.90. The molecule has 0 unspecified atom stereocenters. The first kappa shape index (κ1) is 19.4. The van der Waals surface area contributed by atoms with Crippen molar-refractivity contribution in [2.45, 2.75) is 6.92 Å². The number of imidazole rings is 1. The van der Waals surface area contributed by atoms with Crippen molar-refractivity contribution < 1.29 is 14.3 Å². The number of anilines is 1. The molecule has 2 aromatic carbocycles. The number of benzene rings is 2. The zero-order chi connectivity index (χ0) is 20.1. The number of aromatic amines is 1. The molecule has 0 fully saturated rings. The number of rotatable bonds is 5. The third-order valence-corrected chi connectivity index (χ3v) is 4.21. The molecule has 144 valence electrons. The first-order chi connectivity index (χ1) is 13.5. The maximum atomic E-state index is 12.5. The van der Waals surface area contributed by atoms with Crippen molar-refractivity contribution in [3.63, 3.8) is 0 Å². The van der Waals surface area contributed by atoms with E-state index in [0.717, 1.165) is 22.8 Å². The lowest BCUT2D eigenvalue weighted by atomic mass is 10.1. The molecular formula is C20H20N4O3S. The number of amides is 1. The first-order valence-corrected chi connectivity index (χ1v) is 8.87. The summed E-state index contributed by atoms with van der Waals surface area (Å²) in [5, 5.41) is 5.87. The largest absolute Gasteiger partial charge is 0.493 e. The Bertz CT molecular complexity index is 1020. The lowest BCUT2D eigenvalue weighted by Gasteiger charge is -2.12. The number of hydrogen-bond acceptors (Lipinski definition) is 5. The van der Waals surface area contributed by atoms with E-state index in [1.807, 2.05) is 31.2 Å². The normalized spacial score (nSPS) is 10.2. The molecule has 3 N–H and O–H groups in total. The average molecular weight is 396 g/mol. The molecule has 0 aliphatic carbocycles. The predicted molar refractivity (Wildman–Crippen MR) is 112 cm³/mol. The number of H-pyrrole nitrogens is 1. The van der Waals surface area contributed by atoms with E-state index >= 15 is 0 Å². The first-order valence-electron chi connectivity index (χ1n) is 8.46. The summed E-state index contributed by atoms with van der Waals surface area (Å²) >= 11 is 5.27. The standard InChI is InChI=1S/C20H20N4O3S/c1-12-21-11-16(22-12)13-5-4-6-15(9-13)23-20(28)24-19(25)14-7-8-17(26-2)18(10-14)27-3/h4-11H,1-3H3,(H,21,22)(H2,23,24,25,28). The Morgan fingerprint density at radius 3 is 2.57 bits per heavy atom. The lowest BCUT2D eigenvalue weighted by molar-refractivity contribution is 0.0977. The van der Waals surface area contributed by atoms with E-state index in [1.54, 1.807) is 24.4 Å². The van der Waals surface area contributed by atoms with Gasteiger partial charge in [0.25, 0.3) is 5.91 Å². The summed E-state index contributed by atoms with van der Waals surface area (Å²) in [7, 11) is 3.05. The molecule has 0 spiro atoms. The third kappa shape index (κ3) is 4.47. The van der Waals surface area contributed by atoms with Crippen molar-refractivity contribution in [3.05, 3.63) is 60.0 Å². The fourth-order valence-corrected chi connectivity index (χ4v) is 2.86. The molecule has 0 radical (unpaired) electrons. The number of hydrogen-bond donors (Lipinski definition) is 3. The molecule has 3 aromatic rings. The van der Waals surface area contributed by atoms with Gasteiger partial charge in [0.05, 0.1) is 26.1 Å². The average Bonchev–Trinajstić information content (AvgIpc) is 3.13. The van der Waals surface area contributed by atoms with Crippen LogP contribution >= 0.6 is 12.2 Å². The number of thiocarbonyl (C=S) groups is 1. The predicted octanol–water partition coefficient (Wildman–Crippen LogP) is 3.53. The van der Waals surface area contributed by atoms with Gasteiger partial charge >= 0.3 is 0 Å². The molecule has 0 aliphatic heterocycles. The molecule has 0 atom stereocenters. The highest BCUT2D eigenvalue weighted by atomic mass is 32.1. The van der Waals surface area contributed by atoms with E-state index in [4.69, 9.17) is 21.7 Å². The summed E-state index contributed by atoms with van der Waals surface area (Å²) in [6.07, 6.45) is 1.77. The highest BCUT2D eigenvalue weighted by Crippen LogP contribution is 2.27. The van der Waals surface area contributed by atoms with E-state index in [0.29, 0.717) is 17.1 Å². The lowest BCUT2D eigenvalue weighted by Crippen LogP contribution is -2.34. The Morgan fingerprint density at radius 1 is 1.11 bits per heavy atom. The van der Waals surface area contributed by atoms with Gasteiger partial charge in [-0.3, -0.25) is 10.1 Å². The van der Waals surface area contributed by atoms with Crippen molar-refractivity contribution >= 4 is 28.9 Å². The SMILES string of the molecule is COc1ccc(C(=O)NC(=S)Nc2cccc(-c3cnc(C)[nH]3)c2)cc1OC. The monoisotopic (exact) mass is 396 g/mol. The molecule has 0 saturated carbocycles. The number of ether oxygens (including phenoxy) is 2. The van der Waals surface area contributed by atoms with Crippen molar-refractivity contribution in [3.8, 4) is 22.8 Å². The fourth-order valence-electron chi connectivity index (χ4n) is 2.65. The van der Waals surface area contributed by atoms with Crippen LogP contribution < -0.4 is 20.1 Å². The number of carbonyl (C=O) groups excluding carboxylic acids is 1. The molecule has 7 nitrogen and oxygen atoms in total. The molecule has 3 rings (SSSR count). The van der Waals surface area contributed by atoms with Gasteiger partial charge in [-0.2, -0.15) is 0 Å². The highest BCUT2D eigenvalue weighted by molar-refractivity contribution is 7.80. The second kappa shape index (κ2) is 8.53. The van der Waals surface area contributed by atoms with Crippen LogP contribution in [-0.4, -0.2) is 35.2 Å². The number of carbonyl (C=O) groups is 1. The molecule has 28 heavy (non-hydrogen) atoms. The number of nitrogens with zero attached hydrogens (tertiary/aromatic N) is 1. The van der Waals surface area contributed by atoms with Gasteiger partial charge in [-0.15, -0.1) is 0 Å². The zero-order valence-corrected chi connectivity index (χ0v) is 16.5. The molecule has 1 heterocycles. The van der Waals surface area contributed by atoms with Crippen LogP contribution in [0.15, 0.2) is 48.7 Å². The van der Waals surface area contributed by atoms with Crippen molar-refractivity contribution in [2.75, 3.05) is 19.5 Å². The van der Waals surface area contributed by atoms with Gasteiger partial charge in [0.1, 0.15) is 5.82 Å². The second-order valence-corrected chi connectivity index (χ2v) is 6.35. The number of nitrogens with one attached hydrogen (secondary N) is 3. The molecule has 0 aliphatic rings. The summed E-state index contributed by atoms with van der Waals surface area (Å²) in [6, 6.07) is 12.5. The number of aromatic nitrogens is 2. The molecule has 0 bridgehead atoms. The van der Waals surface area contributed by atoms with Crippen LogP contribution in [-0.2, 0) is 0 Å². The summed E-state index contributed by atoms with van der Waals surface area (Å²) in [5.74, 6) is 1.51. The zero-order valence-electron chi connectivity index (χ0n) is 15.7. The summed E-state index contributed by atoms with van der Waals surface area (Å²) in [6.45, 7) is 1.89. The van der Waals surface area contributed by atoms with E-state index < -0.39 is 0 Å². The summed E-state index contributed by atoms with van der Waals surface area (Å²) in [4.78, 5) is 19.8. The molecule has 1 amide bonds. The number of aryl methyl sites for hydroxylation is 1. The van der Waals surface area contributed by atoms with Crippen LogP contribution in [0.3, 0.4) is 0 Å². The molecule has 1 aromatic heterocycles. The highest BCUT2D eigenvalue weighted by Gasteiger charge is 2.12. The third-order valence-electron chi connectivity index (χ3n) is 4.01. The molecule has 0 saturated heterocycles.